The summed E-state index contributed by atoms with van der Waals surface area (Å²) in [6.45, 7) is 7.38. The van der Waals surface area contributed by atoms with Crippen LogP contribution < -0.4 is 9.31 Å². The van der Waals surface area contributed by atoms with Crippen LogP contribution in [0.5, 0.6) is 11.5 Å². The van der Waals surface area contributed by atoms with Crippen LogP contribution in [0, 0.1) is 16.7 Å². The molecule has 3 atom stereocenters. The zero-order valence-electron chi connectivity index (χ0n) is 12.4. The van der Waals surface area contributed by atoms with E-state index in [-0.39, 0.29) is 6.40 Å². The summed E-state index contributed by atoms with van der Waals surface area (Å²) >= 11 is 1.89. The van der Waals surface area contributed by atoms with Crippen molar-refractivity contribution in [3.63, 3.8) is 0 Å². The SMILES string of the molecule is CC1(C)C2CCC1(C)C(SB1Oc3ccccc3O1)C2. The zero-order valence-corrected chi connectivity index (χ0v) is 13.2. The Morgan fingerprint density at radius 1 is 1.15 bits per heavy atom. The second-order valence-corrected chi connectivity index (χ2v) is 8.43. The lowest BCUT2D eigenvalue weighted by Gasteiger charge is -2.39. The summed E-state index contributed by atoms with van der Waals surface area (Å²) in [6.07, 6.45) is 3.90. The summed E-state index contributed by atoms with van der Waals surface area (Å²) in [5, 5.41) is 0.649. The first-order valence-corrected chi connectivity index (χ1v) is 8.53. The summed E-state index contributed by atoms with van der Waals surface area (Å²) in [4.78, 5) is 0. The van der Waals surface area contributed by atoms with Gasteiger partial charge in [-0.25, -0.2) is 0 Å². The molecule has 2 aliphatic carbocycles. The smallest absolute Gasteiger partial charge is 0.514 e. The summed E-state index contributed by atoms with van der Waals surface area (Å²) in [6, 6.07) is 7.97. The quantitative estimate of drug-likeness (QED) is 0.752. The number of fused-ring (bicyclic) bond motifs is 3. The van der Waals surface area contributed by atoms with Crippen LogP contribution in [0.1, 0.15) is 40.0 Å². The van der Waals surface area contributed by atoms with Crippen LogP contribution in [0.15, 0.2) is 24.3 Å². The van der Waals surface area contributed by atoms with Crippen LogP contribution in [0.25, 0.3) is 0 Å². The van der Waals surface area contributed by atoms with Crippen LogP contribution in [-0.4, -0.2) is 11.6 Å². The Balaban J connectivity index is 1.50. The fraction of sp³-hybridized carbons (Fsp3) is 0.625. The van der Waals surface area contributed by atoms with Crippen molar-refractivity contribution in [2.45, 2.75) is 45.3 Å². The van der Waals surface area contributed by atoms with Gasteiger partial charge in [0, 0.05) is 5.25 Å². The normalized spacial score (nSPS) is 36.6. The van der Waals surface area contributed by atoms with Gasteiger partial charge in [-0.1, -0.05) is 32.9 Å². The monoisotopic (exact) mass is 288 g/mol. The lowest BCUT2D eigenvalue weighted by atomic mass is 9.71. The van der Waals surface area contributed by atoms with Crippen molar-refractivity contribution in [3.8, 4) is 11.5 Å². The van der Waals surface area contributed by atoms with E-state index >= 15 is 0 Å². The molecule has 0 N–H and O–H groups in total. The molecule has 1 aliphatic heterocycles. The molecule has 0 saturated heterocycles. The second-order valence-electron chi connectivity index (χ2n) is 7.21. The van der Waals surface area contributed by atoms with E-state index in [1.165, 1.54) is 19.3 Å². The first-order chi connectivity index (χ1) is 9.50. The maximum absolute atomic E-state index is 5.93. The molecule has 0 spiro atoms. The van der Waals surface area contributed by atoms with Gasteiger partial charge in [0.05, 0.1) is 0 Å². The molecule has 2 bridgehead atoms. The third-order valence-electron chi connectivity index (χ3n) is 6.28. The third-order valence-corrected chi connectivity index (χ3v) is 7.74. The van der Waals surface area contributed by atoms with Crippen molar-refractivity contribution >= 4 is 18.0 Å². The van der Waals surface area contributed by atoms with Crippen LogP contribution in [-0.2, 0) is 0 Å². The zero-order chi connectivity index (χ0) is 14.0. The number of hydrogen-bond donors (Lipinski definition) is 0. The molecule has 106 valence electrons. The van der Waals surface area contributed by atoms with Gasteiger partial charge in [-0.15, -0.1) is 11.6 Å². The Morgan fingerprint density at radius 3 is 2.30 bits per heavy atom. The lowest BCUT2D eigenvalue weighted by molar-refractivity contribution is 0.156. The molecule has 3 aliphatic rings. The van der Waals surface area contributed by atoms with Crippen molar-refractivity contribution < 1.29 is 9.31 Å². The van der Waals surface area contributed by atoms with Gasteiger partial charge in [0.1, 0.15) is 11.5 Å². The number of para-hydroxylation sites is 2. The van der Waals surface area contributed by atoms with Crippen molar-refractivity contribution in [1.82, 2.24) is 0 Å². The van der Waals surface area contributed by atoms with E-state index in [1.807, 2.05) is 35.9 Å². The Bertz CT molecular complexity index is 522. The number of benzene rings is 1. The lowest BCUT2D eigenvalue weighted by Crippen LogP contribution is -2.37. The van der Waals surface area contributed by atoms with Crippen LogP contribution >= 0.6 is 11.6 Å². The molecule has 2 fully saturated rings. The second kappa shape index (κ2) is 4.13. The summed E-state index contributed by atoms with van der Waals surface area (Å²) < 4.78 is 11.9. The number of rotatable bonds is 2. The maximum atomic E-state index is 5.93. The van der Waals surface area contributed by atoms with Crippen LogP contribution in [0.4, 0.5) is 0 Å². The average molecular weight is 288 g/mol. The largest absolute Gasteiger partial charge is 0.672 e. The Labute approximate surface area is 125 Å². The van der Waals surface area contributed by atoms with E-state index in [0.29, 0.717) is 16.1 Å². The molecule has 0 radical (unpaired) electrons. The topological polar surface area (TPSA) is 18.5 Å². The highest BCUT2D eigenvalue weighted by atomic mass is 32.2. The van der Waals surface area contributed by atoms with Crippen LogP contribution in [0.2, 0.25) is 0 Å². The minimum absolute atomic E-state index is 0.163. The molecule has 1 aromatic rings. The van der Waals surface area contributed by atoms with Crippen LogP contribution in [0.3, 0.4) is 0 Å². The van der Waals surface area contributed by atoms with E-state index in [9.17, 15) is 0 Å². The van der Waals surface area contributed by atoms with Gasteiger partial charge in [0.2, 0.25) is 0 Å². The highest BCUT2D eigenvalue weighted by Gasteiger charge is 2.62. The molecule has 0 amide bonds. The predicted octanol–water partition coefficient (Wildman–Crippen LogP) is 4.39. The molecule has 4 rings (SSSR count). The van der Waals surface area contributed by atoms with Gasteiger partial charge in [0.25, 0.3) is 0 Å². The van der Waals surface area contributed by atoms with Gasteiger partial charge in [0.15, 0.2) is 0 Å². The van der Waals surface area contributed by atoms with E-state index in [4.69, 9.17) is 9.31 Å². The molecule has 20 heavy (non-hydrogen) atoms. The Morgan fingerprint density at radius 2 is 1.80 bits per heavy atom. The fourth-order valence-electron chi connectivity index (χ4n) is 4.40. The molecule has 2 saturated carbocycles. The van der Waals surface area contributed by atoms with Crippen molar-refractivity contribution in [1.29, 1.82) is 0 Å². The minimum atomic E-state index is -0.163. The number of hydrogen-bond acceptors (Lipinski definition) is 3. The first-order valence-electron chi connectivity index (χ1n) is 7.58. The van der Waals surface area contributed by atoms with E-state index in [0.717, 1.165) is 17.4 Å². The molecule has 4 heteroatoms. The standard InChI is InChI=1S/C16H21BO2S/c1-15(2)11-8-9-16(15,3)14(10-11)20-17-18-12-6-4-5-7-13(12)19-17/h4-7,11,14H,8-10H2,1-3H3. The Hall–Kier alpha value is -0.765. The third kappa shape index (κ3) is 1.60. The summed E-state index contributed by atoms with van der Waals surface area (Å²) in [5.74, 6) is 2.64. The fourth-order valence-corrected chi connectivity index (χ4v) is 6.05. The molecule has 1 heterocycles. The van der Waals surface area contributed by atoms with Gasteiger partial charge < -0.3 is 9.31 Å². The average Bonchev–Trinajstić information content (AvgIpc) is 2.97. The molecular formula is C16H21BO2S. The molecular weight excluding hydrogens is 267 g/mol. The van der Waals surface area contributed by atoms with Gasteiger partial charge in [-0.05, 0) is 48.1 Å². The molecule has 1 aromatic carbocycles. The summed E-state index contributed by atoms with van der Waals surface area (Å²) in [7, 11) is 0. The van der Waals surface area contributed by atoms with Gasteiger partial charge >= 0.3 is 6.40 Å². The first kappa shape index (κ1) is 12.9. The van der Waals surface area contributed by atoms with Gasteiger partial charge in [-0.2, -0.15) is 0 Å². The van der Waals surface area contributed by atoms with E-state index in [1.54, 1.807) is 0 Å². The van der Waals surface area contributed by atoms with Crippen molar-refractivity contribution in [2.24, 2.45) is 16.7 Å². The van der Waals surface area contributed by atoms with Gasteiger partial charge in [-0.3, -0.25) is 0 Å². The molecule has 0 aromatic heterocycles. The highest BCUT2D eigenvalue weighted by molar-refractivity contribution is 8.24. The van der Waals surface area contributed by atoms with Crippen molar-refractivity contribution in [3.05, 3.63) is 24.3 Å². The summed E-state index contributed by atoms with van der Waals surface area (Å²) in [5.41, 5.74) is 0.875. The van der Waals surface area contributed by atoms with E-state index in [2.05, 4.69) is 20.8 Å². The molecule has 2 nitrogen and oxygen atoms in total. The molecule has 3 unspecified atom stereocenters. The maximum Gasteiger partial charge on any atom is 0.672 e. The van der Waals surface area contributed by atoms with E-state index < -0.39 is 0 Å². The highest BCUT2D eigenvalue weighted by Crippen LogP contribution is 2.68. The van der Waals surface area contributed by atoms with Crippen molar-refractivity contribution in [2.75, 3.05) is 0 Å². The predicted molar refractivity (Wildman–Crippen MR) is 84.1 cm³/mol. The Kier molecular flexibility index (Phi) is 2.67. The minimum Gasteiger partial charge on any atom is -0.514 e.